The monoisotopic (exact) mass is 168 g/mol. The van der Waals surface area contributed by atoms with Crippen molar-refractivity contribution in [3.63, 3.8) is 0 Å². The zero-order valence-corrected chi connectivity index (χ0v) is 9.41. The summed E-state index contributed by atoms with van der Waals surface area (Å²) in [5, 5.41) is 0. The molecule has 0 saturated carbocycles. The largest absolute Gasteiger partial charge is 0.103 e. The molecule has 0 aromatic heterocycles. The predicted molar refractivity (Wildman–Crippen MR) is 57.3 cm³/mol. The van der Waals surface area contributed by atoms with Crippen LogP contribution in [0.3, 0.4) is 0 Å². The fourth-order valence-electron chi connectivity index (χ4n) is 1.88. The molecule has 0 rings (SSSR count). The highest BCUT2D eigenvalue weighted by molar-refractivity contribution is 4.84. The highest BCUT2D eigenvalue weighted by Gasteiger charge is 2.26. The molecule has 0 aliphatic heterocycles. The summed E-state index contributed by atoms with van der Waals surface area (Å²) in [6.07, 6.45) is 5.69. The van der Waals surface area contributed by atoms with Gasteiger partial charge in [-0.1, -0.05) is 47.1 Å². The molecule has 0 heteroatoms. The molecule has 0 bridgehead atoms. The second-order valence-electron chi connectivity index (χ2n) is 5.35. The molecule has 0 unspecified atom stereocenters. The second kappa shape index (κ2) is 4.11. The lowest BCUT2D eigenvalue weighted by Gasteiger charge is -2.33. The topological polar surface area (TPSA) is 0 Å². The van der Waals surface area contributed by atoms with E-state index in [-0.39, 0.29) is 0 Å². The average molecular weight is 168 g/mol. The summed E-state index contributed by atoms with van der Waals surface area (Å²) in [5.41, 5.74) is 0.897. The Kier molecular flexibility index (Phi) is 4.02. The van der Waals surface area contributed by atoms with E-state index in [1.165, 1.54) is 12.8 Å². The van der Waals surface area contributed by atoms with Gasteiger partial charge in [0.2, 0.25) is 0 Å². The Hall–Kier alpha value is -0.260. The minimum absolute atomic E-state index is 0.418. The molecule has 0 heterocycles. The zero-order chi connectivity index (χ0) is 9.83. The Bertz CT molecular complexity index is 140. The van der Waals surface area contributed by atoms with E-state index in [4.69, 9.17) is 0 Å². The third-order valence-electron chi connectivity index (χ3n) is 2.61. The first-order chi connectivity index (χ1) is 5.33. The van der Waals surface area contributed by atoms with Gasteiger partial charge in [-0.3, -0.25) is 0 Å². The van der Waals surface area contributed by atoms with Gasteiger partial charge in [0.05, 0.1) is 0 Å². The quantitative estimate of drug-likeness (QED) is 0.533. The van der Waals surface area contributed by atoms with E-state index >= 15 is 0 Å². The van der Waals surface area contributed by atoms with Crippen molar-refractivity contribution in [1.82, 2.24) is 0 Å². The van der Waals surface area contributed by atoms with Crippen LogP contribution in [0.1, 0.15) is 53.9 Å². The normalized spacial score (nSPS) is 13.1. The molecule has 0 aliphatic rings. The van der Waals surface area contributed by atoms with Crippen molar-refractivity contribution in [3.8, 4) is 0 Å². The molecule has 0 N–H and O–H groups in total. The highest BCUT2D eigenvalue weighted by atomic mass is 14.3. The Morgan fingerprint density at radius 1 is 1.08 bits per heavy atom. The predicted octanol–water partition coefficient (Wildman–Crippen LogP) is 4.42. The number of rotatable bonds is 5. The third-order valence-corrected chi connectivity index (χ3v) is 2.61. The van der Waals surface area contributed by atoms with Crippen LogP contribution in [-0.2, 0) is 0 Å². The molecule has 0 aromatic carbocycles. The SMILES string of the molecule is C=CCC(C)(C)CC(C)(C)CC. The lowest BCUT2D eigenvalue weighted by atomic mass is 9.72. The van der Waals surface area contributed by atoms with E-state index in [1.807, 2.05) is 6.08 Å². The second-order valence-corrected chi connectivity index (χ2v) is 5.35. The minimum Gasteiger partial charge on any atom is -0.103 e. The summed E-state index contributed by atoms with van der Waals surface area (Å²) in [7, 11) is 0. The Labute approximate surface area is 78.1 Å². The van der Waals surface area contributed by atoms with Crippen LogP contribution in [-0.4, -0.2) is 0 Å². The minimum atomic E-state index is 0.418. The van der Waals surface area contributed by atoms with Gasteiger partial charge in [0, 0.05) is 0 Å². The fraction of sp³-hybridized carbons (Fsp3) is 0.833. The molecular weight excluding hydrogens is 144 g/mol. The lowest BCUT2D eigenvalue weighted by Crippen LogP contribution is -2.21. The summed E-state index contributed by atoms with van der Waals surface area (Å²) in [4.78, 5) is 0. The molecular formula is C12H24. The van der Waals surface area contributed by atoms with Gasteiger partial charge in [0.25, 0.3) is 0 Å². The van der Waals surface area contributed by atoms with Gasteiger partial charge in [-0.05, 0) is 23.7 Å². The van der Waals surface area contributed by atoms with E-state index in [1.54, 1.807) is 0 Å². The summed E-state index contributed by atoms with van der Waals surface area (Å²) in [6, 6.07) is 0. The summed E-state index contributed by atoms with van der Waals surface area (Å²) in [6.45, 7) is 15.4. The molecule has 0 aromatic rings. The molecule has 0 spiro atoms. The summed E-state index contributed by atoms with van der Waals surface area (Å²) < 4.78 is 0. The van der Waals surface area contributed by atoms with E-state index in [2.05, 4.69) is 41.2 Å². The highest BCUT2D eigenvalue weighted by Crippen LogP contribution is 2.38. The third kappa shape index (κ3) is 4.58. The standard InChI is InChI=1S/C12H24/c1-7-9-12(5,6)10-11(3,4)8-2/h7H,1,8-10H2,2-6H3. The Balaban J connectivity index is 4.12. The first kappa shape index (κ1) is 11.7. The molecule has 72 valence electrons. The maximum Gasteiger partial charge on any atom is -0.0302 e. The molecule has 0 saturated heterocycles. The van der Waals surface area contributed by atoms with Crippen molar-refractivity contribution in [2.75, 3.05) is 0 Å². The van der Waals surface area contributed by atoms with Gasteiger partial charge in [-0.15, -0.1) is 6.58 Å². The van der Waals surface area contributed by atoms with Crippen LogP contribution in [0.5, 0.6) is 0 Å². The van der Waals surface area contributed by atoms with Gasteiger partial charge < -0.3 is 0 Å². The van der Waals surface area contributed by atoms with Gasteiger partial charge >= 0.3 is 0 Å². The summed E-state index contributed by atoms with van der Waals surface area (Å²) >= 11 is 0. The average Bonchev–Trinajstić information content (AvgIpc) is 1.85. The smallest absolute Gasteiger partial charge is 0.0302 e. The van der Waals surface area contributed by atoms with Gasteiger partial charge in [-0.25, -0.2) is 0 Å². The molecule has 0 aliphatic carbocycles. The van der Waals surface area contributed by atoms with Crippen molar-refractivity contribution < 1.29 is 0 Å². The van der Waals surface area contributed by atoms with Crippen molar-refractivity contribution in [3.05, 3.63) is 12.7 Å². The molecule has 0 atom stereocenters. The first-order valence-corrected chi connectivity index (χ1v) is 4.94. The van der Waals surface area contributed by atoms with Crippen LogP contribution in [0, 0.1) is 10.8 Å². The van der Waals surface area contributed by atoms with E-state index in [9.17, 15) is 0 Å². The van der Waals surface area contributed by atoms with Gasteiger partial charge in [0.1, 0.15) is 0 Å². The maximum absolute atomic E-state index is 3.80. The number of hydrogen-bond acceptors (Lipinski definition) is 0. The fourth-order valence-corrected chi connectivity index (χ4v) is 1.88. The van der Waals surface area contributed by atoms with Crippen LogP contribution >= 0.6 is 0 Å². The first-order valence-electron chi connectivity index (χ1n) is 4.94. The van der Waals surface area contributed by atoms with Gasteiger partial charge in [-0.2, -0.15) is 0 Å². The zero-order valence-electron chi connectivity index (χ0n) is 9.41. The van der Waals surface area contributed by atoms with Gasteiger partial charge in [0.15, 0.2) is 0 Å². The molecule has 0 amide bonds. The summed E-state index contributed by atoms with van der Waals surface area (Å²) in [5.74, 6) is 0. The Morgan fingerprint density at radius 3 is 1.92 bits per heavy atom. The molecule has 0 radical (unpaired) electrons. The van der Waals surface area contributed by atoms with Crippen molar-refractivity contribution in [2.45, 2.75) is 53.9 Å². The van der Waals surface area contributed by atoms with Crippen LogP contribution < -0.4 is 0 Å². The molecule has 12 heavy (non-hydrogen) atoms. The maximum atomic E-state index is 3.80. The Morgan fingerprint density at radius 2 is 1.58 bits per heavy atom. The van der Waals surface area contributed by atoms with E-state index < -0.39 is 0 Å². The lowest BCUT2D eigenvalue weighted by molar-refractivity contribution is 0.190. The van der Waals surface area contributed by atoms with Crippen LogP contribution in [0.4, 0.5) is 0 Å². The van der Waals surface area contributed by atoms with Crippen molar-refractivity contribution in [2.24, 2.45) is 10.8 Å². The molecule has 0 fully saturated rings. The van der Waals surface area contributed by atoms with Crippen molar-refractivity contribution in [1.29, 1.82) is 0 Å². The number of hydrogen-bond donors (Lipinski definition) is 0. The van der Waals surface area contributed by atoms with Crippen molar-refractivity contribution >= 4 is 0 Å². The number of allylic oxidation sites excluding steroid dienone is 1. The van der Waals surface area contributed by atoms with E-state index in [0.29, 0.717) is 10.8 Å². The van der Waals surface area contributed by atoms with Crippen LogP contribution in [0.25, 0.3) is 0 Å². The molecule has 0 nitrogen and oxygen atoms in total. The van der Waals surface area contributed by atoms with Crippen LogP contribution in [0.2, 0.25) is 0 Å². The van der Waals surface area contributed by atoms with Crippen LogP contribution in [0.15, 0.2) is 12.7 Å². The van der Waals surface area contributed by atoms with E-state index in [0.717, 1.165) is 6.42 Å².